The van der Waals surface area contributed by atoms with Crippen molar-refractivity contribution in [2.24, 2.45) is 0 Å². The Labute approximate surface area is 138 Å². The van der Waals surface area contributed by atoms with E-state index in [4.69, 9.17) is 16.7 Å². The molecule has 1 aromatic carbocycles. The van der Waals surface area contributed by atoms with E-state index in [1.165, 1.54) is 0 Å². The molecule has 0 spiro atoms. The number of imidazole rings is 1. The molecule has 3 rings (SSSR count). The quantitative estimate of drug-likeness (QED) is 0.877. The first-order valence-electron chi connectivity index (χ1n) is 7.90. The van der Waals surface area contributed by atoms with E-state index in [9.17, 15) is 9.59 Å². The molecule has 1 saturated heterocycles. The second-order valence-corrected chi connectivity index (χ2v) is 6.35. The molecule has 1 aliphatic heterocycles. The van der Waals surface area contributed by atoms with Gasteiger partial charge < -0.3 is 10.4 Å². The van der Waals surface area contributed by atoms with E-state index < -0.39 is 5.97 Å². The number of hydrogen-bond acceptors (Lipinski definition) is 3. The Morgan fingerprint density at radius 2 is 2.04 bits per heavy atom. The maximum absolute atomic E-state index is 12.9. The number of fused-ring (bicyclic) bond motifs is 1. The molecule has 1 fully saturated rings. The Balaban J connectivity index is 2.03. The van der Waals surface area contributed by atoms with E-state index in [0.29, 0.717) is 18.0 Å². The van der Waals surface area contributed by atoms with Crippen LogP contribution in [0.1, 0.15) is 31.7 Å². The van der Waals surface area contributed by atoms with Crippen molar-refractivity contribution in [2.45, 2.75) is 38.3 Å². The van der Waals surface area contributed by atoms with Gasteiger partial charge in [-0.25, -0.2) is 4.79 Å². The SMILES string of the molecule is O=C(O)CCCn1c(=O)n(C2CCNCC2)c2ccc(Cl)cc21. The van der Waals surface area contributed by atoms with Crippen molar-refractivity contribution in [2.75, 3.05) is 13.1 Å². The predicted molar refractivity (Wildman–Crippen MR) is 89.2 cm³/mol. The van der Waals surface area contributed by atoms with E-state index in [1.54, 1.807) is 16.7 Å². The van der Waals surface area contributed by atoms with Gasteiger partial charge in [0, 0.05) is 24.0 Å². The van der Waals surface area contributed by atoms with Crippen molar-refractivity contribution >= 4 is 28.6 Å². The maximum atomic E-state index is 12.9. The van der Waals surface area contributed by atoms with Crippen LogP contribution in [0.4, 0.5) is 0 Å². The molecule has 2 heterocycles. The summed E-state index contributed by atoms with van der Waals surface area (Å²) in [6.07, 6.45) is 2.30. The second-order valence-electron chi connectivity index (χ2n) is 5.92. The lowest BCUT2D eigenvalue weighted by Gasteiger charge is -2.23. The number of carbonyl (C=O) groups is 1. The lowest BCUT2D eigenvalue weighted by atomic mass is 10.1. The number of halogens is 1. The van der Waals surface area contributed by atoms with Crippen molar-refractivity contribution in [3.8, 4) is 0 Å². The monoisotopic (exact) mass is 337 g/mol. The molecule has 2 aromatic rings. The molecule has 0 amide bonds. The van der Waals surface area contributed by atoms with Gasteiger partial charge in [-0.1, -0.05) is 11.6 Å². The Morgan fingerprint density at radius 3 is 2.74 bits per heavy atom. The Bertz CT molecular complexity index is 775. The third kappa shape index (κ3) is 3.28. The second kappa shape index (κ2) is 6.76. The molecule has 6 nitrogen and oxygen atoms in total. The zero-order valence-corrected chi connectivity index (χ0v) is 13.6. The van der Waals surface area contributed by atoms with Crippen LogP contribution in [0.2, 0.25) is 5.02 Å². The molecule has 7 heteroatoms. The van der Waals surface area contributed by atoms with Crippen LogP contribution in [0.15, 0.2) is 23.0 Å². The fourth-order valence-corrected chi connectivity index (χ4v) is 3.44. The minimum Gasteiger partial charge on any atom is -0.481 e. The van der Waals surface area contributed by atoms with Crippen LogP contribution in [0.25, 0.3) is 11.0 Å². The summed E-state index contributed by atoms with van der Waals surface area (Å²) in [6.45, 7) is 2.19. The molecule has 0 saturated carbocycles. The normalized spacial score (nSPS) is 16.0. The van der Waals surface area contributed by atoms with Crippen LogP contribution in [-0.4, -0.2) is 33.3 Å². The summed E-state index contributed by atoms with van der Waals surface area (Å²) in [7, 11) is 0. The van der Waals surface area contributed by atoms with Gasteiger partial charge in [0.1, 0.15) is 0 Å². The van der Waals surface area contributed by atoms with E-state index in [-0.39, 0.29) is 18.2 Å². The highest BCUT2D eigenvalue weighted by Crippen LogP contribution is 2.25. The highest BCUT2D eigenvalue weighted by atomic mass is 35.5. The van der Waals surface area contributed by atoms with Crippen molar-refractivity contribution in [3.63, 3.8) is 0 Å². The van der Waals surface area contributed by atoms with Crippen LogP contribution < -0.4 is 11.0 Å². The number of carboxylic acid groups (broad SMARTS) is 1. The van der Waals surface area contributed by atoms with Crippen molar-refractivity contribution in [1.82, 2.24) is 14.5 Å². The van der Waals surface area contributed by atoms with Gasteiger partial charge in [-0.15, -0.1) is 0 Å². The Morgan fingerprint density at radius 1 is 1.30 bits per heavy atom. The number of nitrogens with zero attached hydrogens (tertiary/aromatic N) is 2. The number of hydrogen-bond donors (Lipinski definition) is 2. The molecule has 0 unspecified atom stereocenters. The molecule has 2 N–H and O–H groups in total. The van der Waals surface area contributed by atoms with Gasteiger partial charge in [0.2, 0.25) is 0 Å². The van der Waals surface area contributed by atoms with Crippen molar-refractivity contribution in [3.05, 3.63) is 33.7 Å². The van der Waals surface area contributed by atoms with E-state index in [2.05, 4.69) is 5.32 Å². The van der Waals surface area contributed by atoms with Gasteiger partial charge >= 0.3 is 11.7 Å². The summed E-state index contributed by atoms with van der Waals surface area (Å²) in [5, 5.41) is 12.7. The summed E-state index contributed by atoms with van der Waals surface area (Å²) in [5.74, 6) is -0.849. The van der Waals surface area contributed by atoms with Crippen LogP contribution in [0.3, 0.4) is 0 Å². The van der Waals surface area contributed by atoms with Gasteiger partial charge in [-0.3, -0.25) is 13.9 Å². The highest BCUT2D eigenvalue weighted by molar-refractivity contribution is 6.31. The summed E-state index contributed by atoms with van der Waals surface area (Å²) in [6, 6.07) is 5.64. The molecule has 0 radical (unpaired) electrons. The Kier molecular flexibility index (Phi) is 4.73. The van der Waals surface area contributed by atoms with Gasteiger partial charge in [-0.2, -0.15) is 0 Å². The third-order valence-corrected chi connectivity index (χ3v) is 4.61. The van der Waals surface area contributed by atoms with Crippen LogP contribution in [0, 0.1) is 0 Å². The van der Waals surface area contributed by atoms with E-state index in [0.717, 1.165) is 37.0 Å². The Hall–Kier alpha value is -1.79. The summed E-state index contributed by atoms with van der Waals surface area (Å²) in [5.41, 5.74) is 1.59. The van der Waals surface area contributed by atoms with Crippen molar-refractivity contribution < 1.29 is 9.90 Å². The molecule has 1 aliphatic rings. The fourth-order valence-electron chi connectivity index (χ4n) is 3.27. The van der Waals surface area contributed by atoms with Crippen LogP contribution >= 0.6 is 11.6 Å². The number of nitrogens with one attached hydrogen (secondary N) is 1. The molecular weight excluding hydrogens is 318 g/mol. The molecule has 0 atom stereocenters. The predicted octanol–water partition coefficient (Wildman–Crippen LogP) is 2.25. The van der Waals surface area contributed by atoms with Crippen molar-refractivity contribution in [1.29, 1.82) is 0 Å². The molecule has 0 bridgehead atoms. The molecule has 1 aromatic heterocycles. The minimum atomic E-state index is -0.849. The highest BCUT2D eigenvalue weighted by Gasteiger charge is 2.22. The number of aromatic nitrogens is 2. The zero-order valence-electron chi connectivity index (χ0n) is 12.8. The van der Waals surface area contributed by atoms with E-state index >= 15 is 0 Å². The molecule has 0 aliphatic carbocycles. The fraction of sp³-hybridized carbons (Fsp3) is 0.500. The minimum absolute atomic E-state index is 0.0486. The number of benzene rings is 1. The number of piperidine rings is 1. The van der Waals surface area contributed by atoms with E-state index in [1.807, 2.05) is 10.6 Å². The maximum Gasteiger partial charge on any atom is 0.329 e. The van der Waals surface area contributed by atoms with Crippen LogP contribution in [-0.2, 0) is 11.3 Å². The topological polar surface area (TPSA) is 76.3 Å². The van der Waals surface area contributed by atoms with Gasteiger partial charge in [0.05, 0.1) is 11.0 Å². The third-order valence-electron chi connectivity index (χ3n) is 4.37. The smallest absolute Gasteiger partial charge is 0.329 e. The zero-order chi connectivity index (χ0) is 16.4. The molecule has 23 heavy (non-hydrogen) atoms. The average Bonchev–Trinajstić information content (AvgIpc) is 2.80. The number of rotatable bonds is 5. The largest absolute Gasteiger partial charge is 0.481 e. The number of carboxylic acids is 1. The lowest BCUT2D eigenvalue weighted by molar-refractivity contribution is -0.137. The first-order chi connectivity index (χ1) is 11.1. The molecular formula is C16H20ClN3O3. The van der Waals surface area contributed by atoms with Crippen LogP contribution in [0.5, 0.6) is 0 Å². The first-order valence-corrected chi connectivity index (χ1v) is 8.28. The lowest BCUT2D eigenvalue weighted by Crippen LogP contribution is -2.35. The summed E-state index contributed by atoms with van der Waals surface area (Å²) in [4.78, 5) is 23.6. The first kappa shape index (κ1) is 16.1. The molecule has 124 valence electrons. The number of aryl methyl sites for hydroxylation is 1. The summed E-state index contributed by atoms with van der Waals surface area (Å²) < 4.78 is 3.51. The van der Waals surface area contributed by atoms with Gasteiger partial charge in [-0.05, 0) is 50.6 Å². The van der Waals surface area contributed by atoms with Gasteiger partial charge in [0.15, 0.2) is 0 Å². The number of aliphatic carboxylic acids is 1. The summed E-state index contributed by atoms with van der Waals surface area (Å²) >= 11 is 6.09. The van der Waals surface area contributed by atoms with Gasteiger partial charge in [0.25, 0.3) is 0 Å². The standard InChI is InChI=1S/C16H20ClN3O3/c17-11-3-4-13-14(10-11)19(9-1-2-15(21)22)16(23)20(13)12-5-7-18-8-6-12/h3-4,10,12,18H,1-2,5-9H2,(H,21,22). The average molecular weight is 338 g/mol.